The zero-order valence-electron chi connectivity index (χ0n) is 14.3. The van der Waals surface area contributed by atoms with Gasteiger partial charge in [-0.1, -0.05) is 0 Å². The molecule has 0 aliphatic rings. The molecule has 2 N–H and O–H groups in total. The van der Waals surface area contributed by atoms with Crippen molar-refractivity contribution in [3.63, 3.8) is 0 Å². The molecule has 1 aromatic carbocycles. The molecule has 0 unspecified atom stereocenters. The van der Waals surface area contributed by atoms with E-state index in [1.54, 1.807) is 31.2 Å². The third-order valence-corrected chi connectivity index (χ3v) is 3.78. The number of ether oxygens (including phenoxy) is 1. The van der Waals surface area contributed by atoms with Crippen molar-refractivity contribution in [1.82, 2.24) is 9.78 Å². The lowest BCUT2D eigenvalue weighted by Gasteiger charge is -2.11. The Bertz CT molecular complexity index is 738. The minimum atomic E-state index is -0.331. The first kappa shape index (κ1) is 17.9. The Kier molecular flexibility index (Phi) is 5.92. The van der Waals surface area contributed by atoms with Gasteiger partial charge in [-0.25, -0.2) is 4.79 Å². The fraction of sp³-hybridized carbons (Fsp3) is 0.353. The number of rotatable bonds is 5. The zero-order valence-corrected chi connectivity index (χ0v) is 15.2. The lowest BCUT2D eigenvalue weighted by Crippen LogP contribution is -2.20. The number of thiocarbonyl (C=S) groups is 1. The summed E-state index contributed by atoms with van der Waals surface area (Å²) in [6.07, 6.45) is 0. The van der Waals surface area contributed by atoms with E-state index in [-0.39, 0.29) is 5.97 Å². The summed E-state index contributed by atoms with van der Waals surface area (Å²) in [5.74, 6) is -0.331. The average molecular weight is 346 g/mol. The van der Waals surface area contributed by atoms with Gasteiger partial charge in [0.15, 0.2) is 5.11 Å². The minimum absolute atomic E-state index is 0.331. The quantitative estimate of drug-likeness (QED) is 0.638. The van der Waals surface area contributed by atoms with Crippen molar-refractivity contribution >= 4 is 34.7 Å². The van der Waals surface area contributed by atoms with Crippen molar-refractivity contribution in [3.05, 3.63) is 41.2 Å². The number of hydrogen-bond donors (Lipinski definition) is 2. The maximum absolute atomic E-state index is 11.6. The van der Waals surface area contributed by atoms with Crippen LogP contribution in [0.4, 0.5) is 11.4 Å². The van der Waals surface area contributed by atoms with E-state index in [0.29, 0.717) is 17.3 Å². The van der Waals surface area contributed by atoms with E-state index in [1.807, 2.05) is 25.5 Å². The fourth-order valence-corrected chi connectivity index (χ4v) is 2.59. The van der Waals surface area contributed by atoms with E-state index in [9.17, 15) is 4.79 Å². The van der Waals surface area contributed by atoms with Gasteiger partial charge in [-0.3, -0.25) is 4.68 Å². The number of nitrogens with zero attached hydrogens (tertiary/aromatic N) is 2. The van der Waals surface area contributed by atoms with Gasteiger partial charge in [-0.2, -0.15) is 5.10 Å². The first-order valence-electron chi connectivity index (χ1n) is 7.85. The van der Waals surface area contributed by atoms with Crippen LogP contribution >= 0.6 is 12.2 Å². The first-order valence-corrected chi connectivity index (χ1v) is 8.26. The molecular weight excluding hydrogens is 324 g/mol. The highest BCUT2D eigenvalue weighted by atomic mass is 32.1. The van der Waals surface area contributed by atoms with E-state index >= 15 is 0 Å². The molecule has 24 heavy (non-hydrogen) atoms. The summed E-state index contributed by atoms with van der Waals surface area (Å²) in [7, 11) is 0. The fourth-order valence-electron chi connectivity index (χ4n) is 2.37. The van der Waals surface area contributed by atoms with Gasteiger partial charge in [-0.05, 0) is 64.2 Å². The van der Waals surface area contributed by atoms with Gasteiger partial charge in [0.2, 0.25) is 0 Å². The van der Waals surface area contributed by atoms with Crippen molar-refractivity contribution in [2.24, 2.45) is 0 Å². The molecule has 0 bridgehead atoms. The number of anilines is 2. The molecule has 1 aromatic heterocycles. The third-order valence-electron chi connectivity index (χ3n) is 3.57. The van der Waals surface area contributed by atoms with Gasteiger partial charge in [0.1, 0.15) is 0 Å². The monoisotopic (exact) mass is 346 g/mol. The first-order chi connectivity index (χ1) is 11.5. The number of nitrogens with one attached hydrogen (secondary N) is 2. The van der Waals surface area contributed by atoms with E-state index in [4.69, 9.17) is 17.0 Å². The maximum Gasteiger partial charge on any atom is 0.338 e. The summed E-state index contributed by atoms with van der Waals surface area (Å²) >= 11 is 5.36. The van der Waals surface area contributed by atoms with Crippen LogP contribution in [-0.4, -0.2) is 27.5 Å². The number of esters is 1. The number of aromatic nitrogens is 2. The van der Waals surface area contributed by atoms with Crippen LogP contribution in [0.3, 0.4) is 0 Å². The Hall–Kier alpha value is -2.41. The van der Waals surface area contributed by atoms with Crippen LogP contribution in [-0.2, 0) is 11.3 Å². The van der Waals surface area contributed by atoms with Gasteiger partial charge >= 0.3 is 5.97 Å². The molecule has 0 atom stereocenters. The highest BCUT2D eigenvalue weighted by molar-refractivity contribution is 7.80. The number of hydrogen-bond acceptors (Lipinski definition) is 4. The molecule has 0 aliphatic carbocycles. The van der Waals surface area contributed by atoms with Gasteiger partial charge in [0.25, 0.3) is 0 Å². The number of carbonyl (C=O) groups excluding carboxylic acids is 1. The highest BCUT2D eigenvalue weighted by Gasteiger charge is 2.12. The standard InChI is InChI=1S/C17H22N4O2S/c1-5-21-12(4)15(11(3)20-21)19-17(24)18-14-9-7-13(8-10-14)16(22)23-6-2/h7-10H,5-6H2,1-4H3,(H2,18,19,24). The number of carbonyl (C=O) groups is 1. The molecule has 7 heteroatoms. The Morgan fingerprint density at radius 1 is 1.21 bits per heavy atom. The minimum Gasteiger partial charge on any atom is -0.462 e. The third kappa shape index (κ3) is 4.11. The zero-order chi connectivity index (χ0) is 17.7. The highest BCUT2D eigenvalue weighted by Crippen LogP contribution is 2.20. The molecule has 128 valence electrons. The summed E-state index contributed by atoms with van der Waals surface area (Å²) < 4.78 is 6.89. The van der Waals surface area contributed by atoms with E-state index in [2.05, 4.69) is 15.7 Å². The molecule has 1 heterocycles. The van der Waals surface area contributed by atoms with Gasteiger partial charge < -0.3 is 15.4 Å². The Balaban J connectivity index is 2.02. The normalized spacial score (nSPS) is 10.3. The molecule has 0 saturated heterocycles. The van der Waals surface area contributed by atoms with E-state index in [1.165, 1.54) is 0 Å². The summed E-state index contributed by atoms with van der Waals surface area (Å²) in [5.41, 5.74) is 4.15. The van der Waals surface area contributed by atoms with Gasteiger partial charge in [-0.15, -0.1) is 0 Å². The summed E-state index contributed by atoms with van der Waals surface area (Å²) in [5, 5.41) is 11.2. The van der Waals surface area contributed by atoms with Gasteiger partial charge in [0, 0.05) is 12.2 Å². The van der Waals surface area contributed by atoms with Crippen LogP contribution in [0, 0.1) is 13.8 Å². The van der Waals surface area contributed by atoms with Crippen LogP contribution in [0.15, 0.2) is 24.3 Å². The second-order valence-electron chi connectivity index (χ2n) is 5.24. The van der Waals surface area contributed by atoms with Crippen LogP contribution < -0.4 is 10.6 Å². The molecular formula is C17H22N4O2S. The largest absolute Gasteiger partial charge is 0.462 e. The SMILES string of the molecule is CCOC(=O)c1ccc(NC(=S)Nc2c(C)nn(CC)c2C)cc1. The molecule has 2 rings (SSSR count). The Labute approximate surface area is 147 Å². The molecule has 0 radical (unpaired) electrons. The Morgan fingerprint density at radius 3 is 2.42 bits per heavy atom. The average Bonchev–Trinajstić information content (AvgIpc) is 2.83. The second kappa shape index (κ2) is 7.92. The molecule has 2 aromatic rings. The van der Waals surface area contributed by atoms with Crippen molar-refractivity contribution in [3.8, 4) is 0 Å². The van der Waals surface area contributed by atoms with Crippen molar-refractivity contribution in [2.45, 2.75) is 34.2 Å². The summed E-state index contributed by atoms with van der Waals surface area (Å²) in [6.45, 7) is 8.94. The van der Waals surface area contributed by atoms with Gasteiger partial charge in [0.05, 0.1) is 29.2 Å². The van der Waals surface area contributed by atoms with Crippen LogP contribution in [0.5, 0.6) is 0 Å². The van der Waals surface area contributed by atoms with Crippen LogP contribution in [0.25, 0.3) is 0 Å². The van der Waals surface area contributed by atoms with E-state index in [0.717, 1.165) is 29.3 Å². The summed E-state index contributed by atoms with van der Waals surface area (Å²) in [6, 6.07) is 6.98. The van der Waals surface area contributed by atoms with Crippen molar-refractivity contribution in [2.75, 3.05) is 17.2 Å². The Morgan fingerprint density at radius 2 is 1.88 bits per heavy atom. The molecule has 6 nitrogen and oxygen atoms in total. The van der Waals surface area contributed by atoms with E-state index < -0.39 is 0 Å². The molecule has 0 fully saturated rings. The second-order valence-corrected chi connectivity index (χ2v) is 5.65. The topological polar surface area (TPSA) is 68.2 Å². The molecule has 0 spiro atoms. The smallest absolute Gasteiger partial charge is 0.338 e. The predicted molar refractivity (Wildman–Crippen MR) is 99.6 cm³/mol. The molecule has 0 aliphatic heterocycles. The van der Waals surface area contributed by atoms with Crippen molar-refractivity contribution < 1.29 is 9.53 Å². The van der Waals surface area contributed by atoms with Crippen molar-refractivity contribution in [1.29, 1.82) is 0 Å². The number of aryl methyl sites for hydroxylation is 2. The summed E-state index contributed by atoms with van der Waals surface area (Å²) in [4.78, 5) is 11.6. The predicted octanol–water partition coefficient (Wildman–Crippen LogP) is 3.51. The maximum atomic E-state index is 11.6. The lowest BCUT2D eigenvalue weighted by atomic mass is 10.2. The molecule has 0 saturated carbocycles. The van der Waals surface area contributed by atoms with Crippen LogP contribution in [0.1, 0.15) is 35.6 Å². The number of benzene rings is 1. The van der Waals surface area contributed by atoms with Crippen LogP contribution in [0.2, 0.25) is 0 Å². The lowest BCUT2D eigenvalue weighted by molar-refractivity contribution is 0.0526. The molecule has 0 amide bonds.